The Hall–Kier alpha value is -0.120. The Bertz CT molecular complexity index is 97.1. The van der Waals surface area contributed by atoms with Gasteiger partial charge in [0.2, 0.25) is 0 Å². The minimum Gasteiger partial charge on any atom is -0.382 e. The van der Waals surface area contributed by atoms with Crippen molar-refractivity contribution in [3.63, 3.8) is 0 Å². The minimum atomic E-state index is 0.207. The molecule has 0 aliphatic carbocycles. The van der Waals surface area contributed by atoms with Crippen LogP contribution in [-0.4, -0.2) is 39.0 Å². The van der Waals surface area contributed by atoms with E-state index in [9.17, 15) is 0 Å². The van der Waals surface area contributed by atoms with Gasteiger partial charge in [-0.15, -0.1) is 0 Å². The zero-order valence-corrected chi connectivity index (χ0v) is 9.30. The molecule has 0 saturated heterocycles. The first-order valence-electron chi connectivity index (χ1n) is 5.04. The molecule has 0 fully saturated rings. The molecule has 0 rings (SSSR count). The third-order valence-electron chi connectivity index (χ3n) is 1.91. The number of hydrogen-bond acceptors (Lipinski definition) is 3. The Balaban J connectivity index is 3.23. The smallest absolute Gasteiger partial charge is 0.0780 e. The molecule has 0 aromatic carbocycles. The van der Waals surface area contributed by atoms with E-state index in [0.717, 1.165) is 19.6 Å². The maximum absolute atomic E-state index is 5.53. The average Bonchev–Trinajstić information content (AvgIpc) is 2.05. The number of nitrogens with one attached hydrogen (secondary N) is 1. The highest BCUT2D eigenvalue weighted by Gasteiger charge is 2.03. The summed E-state index contributed by atoms with van der Waals surface area (Å²) in [5.74, 6) is 0. The SMILES string of the molecule is CCNC(C)CCOC(C)COC. The third kappa shape index (κ3) is 8.22. The molecule has 0 amide bonds. The fourth-order valence-corrected chi connectivity index (χ4v) is 1.18. The lowest BCUT2D eigenvalue weighted by Gasteiger charge is -2.15. The summed E-state index contributed by atoms with van der Waals surface area (Å²) in [7, 11) is 1.70. The summed E-state index contributed by atoms with van der Waals surface area (Å²) in [4.78, 5) is 0. The summed E-state index contributed by atoms with van der Waals surface area (Å²) in [5.41, 5.74) is 0. The van der Waals surface area contributed by atoms with Gasteiger partial charge in [0.1, 0.15) is 0 Å². The van der Waals surface area contributed by atoms with Crippen LogP contribution in [0.4, 0.5) is 0 Å². The molecule has 0 bridgehead atoms. The van der Waals surface area contributed by atoms with Crippen LogP contribution in [-0.2, 0) is 9.47 Å². The fraction of sp³-hybridized carbons (Fsp3) is 1.00. The third-order valence-corrected chi connectivity index (χ3v) is 1.91. The van der Waals surface area contributed by atoms with Gasteiger partial charge in [-0.25, -0.2) is 0 Å². The van der Waals surface area contributed by atoms with Crippen LogP contribution in [0.15, 0.2) is 0 Å². The lowest BCUT2D eigenvalue weighted by Crippen LogP contribution is -2.28. The zero-order chi connectivity index (χ0) is 10.1. The van der Waals surface area contributed by atoms with E-state index >= 15 is 0 Å². The van der Waals surface area contributed by atoms with Gasteiger partial charge >= 0.3 is 0 Å². The minimum absolute atomic E-state index is 0.207. The molecule has 0 radical (unpaired) electrons. The standard InChI is InChI=1S/C10H23NO2/c1-5-11-9(2)6-7-13-10(3)8-12-4/h9-11H,5-8H2,1-4H3. The summed E-state index contributed by atoms with van der Waals surface area (Å²) >= 11 is 0. The molecule has 0 aliphatic heterocycles. The summed E-state index contributed by atoms with van der Waals surface area (Å²) in [6.45, 7) is 8.82. The van der Waals surface area contributed by atoms with E-state index < -0.39 is 0 Å². The highest BCUT2D eigenvalue weighted by molar-refractivity contribution is 4.58. The van der Waals surface area contributed by atoms with Gasteiger partial charge in [-0.3, -0.25) is 0 Å². The monoisotopic (exact) mass is 189 g/mol. The van der Waals surface area contributed by atoms with Gasteiger partial charge in [-0.1, -0.05) is 6.92 Å². The Morgan fingerprint density at radius 2 is 2.00 bits per heavy atom. The van der Waals surface area contributed by atoms with E-state index in [1.165, 1.54) is 0 Å². The van der Waals surface area contributed by atoms with E-state index in [4.69, 9.17) is 9.47 Å². The second-order valence-electron chi connectivity index (χ2n) is 3.38. The van der Waals surface area contributed by atoms with Crippen LogP contribution >= 0.6 is 0 Å². The van der Waals surface area contributed by atoms with Crippen molar-refractivity contribution < 1.29 is 9.47 Å². The normalized spacial score (nSPS) is 15.7. The van der Waals surface area contributed by atoms with E-state index in [0.29, 0.717) is 12.6 Å². The maximum Gasteiger partial charge on any atom is 0.0780 e. The number of methoxy groups -OCH3 is 1. The lowest BCUT2D eigenvalue weighted by atomic mass is 10.2. The lowest BCUT2D eigenvalue weighted by molar-refractivity contribution is 0.00616. The molecule has 0 aromatic heterocycles. The van der Waals surface area contributed by atoms with Crippen molar-refractivity contribution in [2.24, 2.45) is 0 Å². The summed E-state index contributed by atoms with van der Waals surface area (Å²) in [6.07, 6.45) is 1.26. The predicted molar refractivity (Wildman–Crippen MR) is 55.0 cm³/mol. The summed E-state index contributed by atoms with van der Waals surface area (Å²) < 4.78 is 10.5. The second kappa shape index (κ2) is 8.48. The number of ether oxygens (including phenoxy) is 2. The molecule has 1 N–H and O–H groups in total. The quantitative estimate of drug-likeness (QED) is 0.626. The van der Waals surface area contributed by atoms with Crippen LogP contribution in [0.5, 0.6) is 0 Å². The van der Waals surface area contributed by atoms with Crippen molar-refractivity contribution in [3.05, 3.63) is 0 Å². The summed E-state index contributed by atoms with van der Waals surface area (Å²) in [6, 6.07) is 0.541. The van der Waals surface area contributed by atoms with Crippen molar-refractivity contribution in [2.75, 3.05) is 26.9 Å². The van der Waals surface area contributed by atoms with Crippen LogP contribution in [0.3, 0.4) is 0 Å². The van der Waals surface area contributed by atoms with Gasteiger partial charge < -0.3 is 14.8 Å². The summed E-state index contributed by atoms with van der Waals surface area (Å²) in [5, 5.41) is 3.34. The molecule has 0 saturated carbocycles. The predicted octanol–water partition coefficient (Wildman–Crippen LogP) is 1.43. The Kier molecular flexibility index (Phi) is 8.40. The van der Waals surface area contributed by atoms with E-state index in [1.807, 2.05) is 6.92 Å². The number of rotatable bonds is 8. The van der Waals surface area contributed by atoms with Crippen molar-refractivity contribution >= 4 is 0 Å². The van der Waals surface area contributed by atoms with Crippen molar-refractivity contribution in [1.29, 1.82) is 0 Å². The molecular weight excluding hydrogens is 166 g/mol. The molecule has 2 unspecified atom stereocenters. The molecule has 2 atom stereocenters. The average molecular weight is 189 g/mol. The molecule has 0 aromatic rings. The maximum atomic E-state index is 5.53. The van der Waals surface area contributed by atoms with Crippen LogP contribution in [0.1, 0.15) is 27.2 Å². The van der Waals surface area contributed by atoms with Crippen LogP contribution in [0.2, 0.25) is 0 Å². The van der Waals surface area contributed by atoms with Crippen molar-refractivity contribution in [1.82, 2.24) is 5.32 Å². The van der Waals surface area contributed by atoms with Crippen molar-refractivity contribution in [3.8, 4) is 0 Å². The number of hydrogen-bond donors (Lipinski definition) is 1. The van der Waals surface area contributed by atoms with Crippen LogP contribution < -0.4 is 5.32 Å². The molecule has 3 heteroatoms. The topological polar surface area (TPSA) is 30.5 Å². The molecule has 3 nitrogen and oxygen atoms in total. The first-order chi connectivity index (χ1) is 6.20. The molecule has 0 spiro atoms. The Labute approximate surface area is 81.8 Å². The van der Waals surface area contributed by atoms with Gasteiger partial charge in [0.15, 0.2) is 0 Å². The highest BCUT2D eigenvalue weighted by Crippen LogP contribution is 1.96. The van der Waals surface area contributed by atoms with E-state index in [-0.39, 0.29) is 6.10 Å². The molecular formula is C10H23NO2. The van der Waals surface area contributed by atoms with Crippen molar-refractivity contribution in [2.45, 2.75) is 39.3 Å². The van der Waals surface area contributed by atoms with Gasteiger partial charge in [0.05, 0.1) is 12.7 Å². The van der Waals surface area contributed by atoms with Gasteiger partial charge in [0, 0.05) is 19.8 Å². The Morgan fingerprint density at radius 1 is 1.31 bits per heavy atom. The van der Waals surface area contributed by atoms with Gasteiger partial charge in [-0.05, 0) is 26.8 Å². The molecule has 80 valence electrons. The second-order valence-corrected chi connectivity index (χ2v) is 3.38. The highest BCUT2D eigenvalue weighted by atomic mass is 16.5. The largest absolute Gasteiger partial charge is 0.382 e. The fourth-order valence-electron chi connectivity index (χ4n) is 1.18. The molecule has 0 heterocycles. The first kappa shape index (κ1) is 12.9. The van der Waals surface area contributed by atoms with Gasteiger partial charge in [0.25, 0.3) is 0 Å². The molecule has 13 heavy (non-hydrogen) atoms. The Morgan fingerprint density at radius 3 is 2.54 bits per heavy atom. The van der Waals surface area contributed by atoms with Gasteiger partial charge in [-0.2, -0.15) is 0 Å². The first-order valence-corrected chi connectivity index (χ1v) is 5.04. The van der Waals surface area contributed by atoms with E-state index in [2.05, 4.69) is 19.2 Å². The van der Waals surface area contributed by atoms with Crippen LogP contribution in [0.25, 0.3) is 0 Å². The van der Waals surface area contributed by atoms with Crippen LogP contribution in [0, 0.1) is 0 Å². The zero-order valence-electron chi connectivity index (χ0n) is 9.30. The van der Waals surface area contributed by atoms with E-state index in [1.54, 1.807) is 7.11 Å². The molecule has 0 aliphatic rings.